The van der Waals surface area contributed by atoms with Gasteiger partial charge < -0.3 is 10.0 Å². The van der Waals surface area contributed by atoms with Gasteiger partial charge in [-0.2, -0.15) is 4.39 Å². The Labute approximate surface area is 82.2 Å². The summed E-state index contributed by atoms with van der Waals surface area (Å²) in [6.45, 7) is 1.98. The lowest BCUT2D eigenvalue weighted by molar-refractivity contribution is 0.238. The molecule has 3 nitrogen and oxygen atoms in total. The van der Waals surface area contributed by atoms with Crippen LogP contribution < -0.4 is 4.90 Å². The Morgan fingerprint density at radius 1 is 1.50 bits per heavy atom. The maximum Gasteiger partial charge on any atom is 0.214 e. The average molecular weight is 196 g/mol. The first-order chi connectivity index (χ1) is 6.79. The zero-order chi connectivity index (χ0) is 9.97. The molecule has 1 aromatic rings. The third-order valence-corrected chi connectivity index (χ3v) is 2.52. The van der Waals surface area contributed by atoms with Crippen molar-refractivity contribution in [3.63, 3.8) is 0 Å². The number of anilines is 1. The lowest BCUT2D eigenvalue weighted by atomic mass is 9.97. The van der Waals surface area contributed by atoms with Gasteiger partial charge in [0.1, 0.15) is 5.82 Å². The van der Waals surface area contributed by atoms with Gasteiger partial charge in [0.25, 0.3) is 0 Å². The summed E-state index contributed by atoms with van der Waals surface area (Å²) in [7, 11) is 0. The third kappa shape index (κ3) is 1.85. The van der Waals surface area contributed by atoms with E-state index in [1.54, 1.807) is 12.1 Å². The van der Waals surface area contributed by atoms with Crippen molar-refractivity contribution in [2.24, 2.45) is 5.92 Å². The van der Waals surface area contributed by atoms with Crippen molar-refractivity contribution in [1.82, 2.24) is 4.98 Å². The largest absolute Gasteiger partial charge is 0.396 e. The zero-order valence-corrected chi connectivity index (χ0v) is 7.86. The molecule has 0 aliphatic carbocycles. The number of nitrogens with zero attached hydrogens (tertiary/aromatic N) is 2. The highest BCUT2D eigenvalue weighted by molar-refractivity contribution is 5.41. The fraction of sp³-hybridized carbons (Fsp3) is 0.500. The monoisotopic (exact) mass is 196 g/mol. The summed E-state index contributed by atoms with van der Waals surface area (Å²) in [6, 6.07) is 4.81. The first-order valence-electron chi connectivity index (χ1n) is 4.78. The smallest absolute Gasteiger partial charge is 0.214 e. The molecule has 4 heteroatoms. The SMILES string of the molecule is OCCC1CN(c2cccc(F)n2)C1. The molecule has 2 rings (SSSR count). The second kappa shape index (κ2) is 3.92. The van der Waals surface area contributed by atoms with Gasteiger partial charge in [-0.1, -0.05) is 6.07 Å². The molecule has 1 fully saturated rings. The molecule has 0 amide bonds. The second-order valence-electron chi connectivity index (χ2n) is 3.60. The third-order valence-electron chi connectivity index (χ3n) is 2.52. The summed E-state index contributed by atoms with van der Waals surface area (Å²) in [6.07, 6.45) is 0.825. The summed E-state index contributed by atoms with van der Waals surface area (Å²) in [5.74, 6) is 0.789. The summed E-state index contributed by atoms with van der Waals surface area (Å²) in [5.41, 5.74) is 0. The number of pyridine rings is 1. The molecular weight excluding hydrogens is 183 g/mol. The van der Waals surface area contributed by atoms with E-state index in [1.807, 2.05) is 4.90 Å². The number of hydrogen-bond acceptors (Lipinski definition) is 3. The van der Waals surface area contributed by atoms with Crippen molar-refractivity contribution in [2.45, 2.75) is 6.42 Å². The van der Waals surface area contributed by atoms with E-state index in [0.29, 0.717) is 11.7 Å². The van der Waals surface area contributed by atoms with Crippen LogP contribution in [0.25, 0.3) is 0 Å². The van der Waals surface area contributed by atoms with Gasteiger partial charge in [-0.25, -0.2) is 4.98 Å². The number of halogens is 1. The van der Waals surface area contributed by atoms with E-state index in [2.05, 4.69) is 4.98 Å². The predicted octanol–water partition coefficient (Wildman–Crippen LogP) is 1.04. The minimum Gasteiger partial charge on any atom is -0.396 e. The van der Waals surface area contributed by atoms with Gasteiger partial charge >= 0.3 is 0 Å². The molecule has 76 valence electrons. The first-order valence-corrected chi connectivity index (χ1v) is 4.78. The number of aromatic nitrogens is 1. The molecule has 1 aliphatic rings. The van der Waals surface area contributed by atoms with Crippen molar-refractivity contribution >= 4 is 5.82 Å². The Morgan fingerprint density at radius 3 is 2.93 bits per heavy atom. The second-order valence-corrected chi connectivity index (χ2v) is 3.60. The van der Waals surface area contributed by atoms with E-state index in [9.17, 15) is 4.39 Å². The summed E-state index contributed by atoms with van der Waals surface area (Å²) < 4.78 is 12.8. The fourth-order valence-electron chi connectivity index (χ4n) is 1.70. The molecule has 0 unspecified atom stereocenters. The first kappa shape index (κ1) is 9.40. The van der Waals surface area contributed by atoms with Crippen molar-refractivity contribution in [3.05, 3.63) is 24.1 Å². The Bertz CT molecular complexity index is 313. The van der Waals surface area contributed by atoms with Crippen LogP contribution in [0.15, 0.2) is 18.2 Å². The van der Waals surface area contributed by atoms with Gasteiger partial charge in [0.05, 0.1) is 0 Å². The van der Waals surface area contributed by atoms with E-state index >= 15 is 0 Å². The summed E-state index contributed by atoms with van der Waals surface area (Å²) in [4.78, 5) is 5.80. The molecular formula is C10H13FN2O. The van der Waals surface area contributed by atoms with Crippen LogP contribution in [0, 0.1) is 11.9 Å². The maximum absolute atomic E-state index is 12.8. The van der Waals surface area contributed by atoms with Crippen molar-refractivity contribution < 1.29 is 9.50 Å². The molecule has 2 heterocycles. The predicted molar refractivity (Wildman–Crippen MR) is 51.6 cm³/mol. The number of hydrogen-bond donors (Lipinski definition) is 1. The standard InChI is InChI=1S/C10H13FN2O/c11-9-2-1-3-10(12-9)13-6-8(7-13)4-5-14/h1-3,8,14H,4-7H2. The molecule has 0 atom stereocenters. The van der Waals surface area contributed by atoms with Crippen LogP contribution in [0.5, 0.6) is 0 Å². The fourth-order valence-corrected chi connectivity index (χ4v) is 1.70. The topological polar surface area (TPSA) is 36.4 Å². The van der Waals surface area contributed by atoms with Crippen LogP contribution in [0.2, 0.25) is 0 Å². The molecule has 1 saturated heterocycles. The number of aliphatic hydroxyl groups is 1. The van der Waals surface area contributed by atoms with Gasteiger partial charge in [-0.05, 0) is 24.5 Å². The van der Waals surface area contributed by atoms with Crippen molar-refractivity contribution in [2.75, 3.05) is 24.6 Å². The highest BCUT2D eigenvalue weighted by Crippen LogP contribution is 2.24. The van der Waals surface area contributed by atoms with E-state index in [1.165, 1.54) is 6.07 Å². The van der Waals surface area contributed by atoms with Crippen molar-refractivity contribution in [1.29, 1.82) is 0 Å². The van der Waals surface area contributed by atoms with Gasteiger partial charge in [0.15, 0.2) is 0 Å². The molecule has 0 aromatic carbocycles. The highest BCUT2D eigenvalue weighted by atomic mass is 19.1. The molecule has 0 saturated carbocycles. The molecule has 1 N–H and O–H groups in total. The quantitative estimate of drug-likeness (QED) is 0.734. The highest BCUT2D eigenvalue weighted by Gasteiger charge is 2.26. The zero-order valence-electron chi connectivity index (χ0n) is 7.86. The van der Waals surface area contributed by atoms with Gasteiger partial charge in [-0.3, -0.25) is 0 Å². The van der Waals surface area contributed by atoms with Gasteiger partial charge in [0, 0.05) is 19.7 Å². The van der Waals surface area contributed by atoms with Crippen molar-refractivity contribution in [3.8, 4) is 0 Å². The van der Waals surface area contributed by atoms with Crippen LogP contribution >= 0.6 is 0 Å². The van der Waals surface area contributed by atoms with Crippen LogP contribution in [0.1, 0.15) is 6.42 Å². The Kier molecular flexibility index (Phi) is 2.63. The molecule has 0 spiro atoms. The molecule has 0 bridgehead atoms. The number of rotatable bonds is 3. The van der Waals surface area contributed by atoms with Crippen LogP contribution in [-0.4, -0.2) is 29.8 Å². The summed E-state index contributed by atoms with van der Waals surface area (Å²) in [5, 5.41) is 8.71. The van der Waals surface area contributed by atoms with Gasteiger partial charge in [0.2, 0.25) is 5.95 Å². The Balaban J connectivity index is 1.93. The molecule has 0 radical (unpaired) electrons. The van der Waals surface area contributed by atoms with E-state index < -0.39 is 5.95 Å². The molecule has 1 aliphatic heterocycles. The minimum atomic E-state index is -0.437. The van der Waals surface area contributed by atoms with Crippen LogP contribution in [0.3, 0.4) is 0 Å². The van der Waals surface area contributed by atoms with E-state index in [-0.39, 0.29) is 6.61 Å². The minimum absolute atomic E-state index is 0.231. The lowest BCUT2D eigenvalue weighted by Gasteiger charge is -2.39. The Hall–Kier alpha value is -1.16. The molecule has 14 heavy (non-hydrogen) atoms. The van der Waals surface area contributed by atoms with Gasteiger partial charge in [-0.15, -0.1) is 0 Å². The lowest BCUT2D eigenvalue weighted by Crippen LogP contribution is -2.47. The number of aliphatic hydroxyl groups excluding tert-OH is 1. The summed E-state index contributed by atoms with van der Waals surface area (Å²) >= 11 is 0. The molecule has 1 aromatic heterocycles. The maximum atomic E-state index is 12.8. The van der Waals surface area contributed by atoms with Crippen LogP contribution in [-0.2, 0) is 0 Å². The normalized spacial score (nSPS) is 16.9. The van der Waals surface area contributed by atoms with Crippen LogP contribution in [0.4, 0.5) is 10.2 Å². The van der Waals surface area contributed by atoms with E-state index in [0.717, 1.165) is 19.5 Å². The Morgan fingerprint density at radius 2 is 2.29 bits per heavy atom. The van der Waals surface area contributed by atoms with E-state index in [4.69, 9.17) is 5.11 Å². The average Bonchev–Trinajstić information content (AvgIpc) is 2.10.